The third kappa shape index (κ3) is 6.14. The summed E-state index contributed by atoms with van der Waals surface area (Å²) in [6.07, 6.45) is 0.957. The van der Waals surface area contributed by atoms with Gasteiger partial charge < -0.3 is 15.0 Å². The van der Waals surface area contributed by atoms with E-state index in [1.54, 1.807) is 18.4 Å². The Bertz CT molecular complexity index is 702. The predicted octanol–water partition coefficient (Wildman–Crippen LogP) is 3.64. The zero-order chi connectivity index (χ0) is 17.5. The summed E-state index contributed by atoms with van der Waals surface area (Å²) in [6.45, 7) is 5.70. The Morgan fingerprint density at radius 1 is 1.32 bits per heavy atom. The monoisotopic (exact) mass is 474 g/mol. The van der Waals surface area contributed by atoms with Crippen LogP contribution in [0.1, 0.15) is 21.1 Å². The Morgan fingerprint density at radius 3 is 2.64 bits per heavy atom. The Hall–Kier alpha value is -1.35. The quantitative estimate of drug-likeness (QED) is 0.395. The molecule has 0 fully saturated rings. The Morgan fingerprint density at radius 2 is 2.04 bits per heavy atom. The van der Waals surface area contributed by atoms with Crippen LogP contribution < -0.4 is 10.1 Å². The van der Waals surface area contributed by atoms with Crippen molar-refractivity contribution in [2.24, 2.45) is 4.99 Å². The maximum atomic E-state index is 5.42. The second kappa shape index (κ2) is 10.6. The summed E-state index contributed by atoms with van der Waals surface area (Å²) in [6, 6.07) is 8.06. The third-order valence-corrected chi connectivity index (χ3v) is 4.94. The topological polar surface area (TPSA) is 49.8 Å². The maximum Gasteiger partial charge on any atom is 0.193 e. The summed E-state index contributed by atoms with van der Waals surface area (Å²) in [4.78, 5) is 12.3. The van der Waals surface area contributed by atoms with E-state index in [0.717, 1.165) is 47.5 Å². The second-order valence-corrected chi connectivity index (χ2v) is 6.92. The van der Waals surface area contributed by atoms with Crippen LogP contribution in [0, 0.1) is 13.8 Å². The molecule has 0 aliphatic carbocycles. The number of nitrogens with zero attached hydrogens (tertiary/aromatic N) is 3. The van der Waals surface area contributed by atoms with Crippen LogP contribution in [0.4, 0.5) is 0 Å². The average molecular weight is 474 g/mol. The highest BCUT2D eigenvalue weighted by Crippen LogP contribution is 2.19. The molecule has 0 spiro atoms. The second-order valence-electron chi connectivity index (χ2n) is 5.63. The average Bonchev–Trinajstić information content (AvgIpc) is 2.89. The van der Waals surface area contributed by atoms with E-state index in [-0.39, 0.29) is 24.0 Å². The fourth-order valence-electron chi connectivity index (χ4n) is 2.64. The number of methoxy groups -OCH3 is 1. The number of rotatable bonds is 6. The van der Waals surface area contributed by atoms with Gasteiger partial charge in [0.05, 0.1) is 17.8 Å². The number of thiazole rings is 1. The van der Waals surface area contributed by atoms with E-state index in [4.69, 9.17) is 4.74 Å². The van der Waals surface area contributed by atoms with Gasteiger partial charge in [-0.05, 0) is 19.9 Å². The van der Waals surface area contributed by atoms with E-state index in [1.165, 1.54) is 4.88 Å². The summed E-state index contributed by atoms with van der Waals surface area (Å²) >= 11 is 1.77. The van der Waals surface area contributed by atoms with Gasteiger partial charge in [0.25, 0.3) is 0 Å². The molecule has 0 aliphatic rings. The molecule has 0 saturated carbocycles. The molecule has 2 aromatic rings. The molecule has 138 valence electrons. The Labute approximate surface area is 171 Å². The molecule has 0 amide bonds. The van der Waals surface area contributed by atoms with Gasteiger partial charge in [-0.2, -0.15) is 0 Å². The van der Waals surface area contributed by atoms with Crippen molar-refractivity contribution in [2.45, 2.75) is 26.8 Å². The highest BCUT2D eigenvalue weighted by molar-refractivity contribution is 14.0. The molecule has 1 aromatic heterocycles. The van der Waals surface area contributed by atoms with Gasteiger partial charge in [0, 0.05) is 44.0 Å². The van der Waals surface area contributed by atoms with Crippen LogP contribution in [0.15, 0.2) is 29.3 Å². The number of benzene rings is 1. The number of hydrogen-bond acceptors (Lipinski definition) is 4. The fourth-order valence-corrected chi connectivity index (χ4v) is 3.58. The molecule has 25 heavy (non-hydrogen) atoms. The smallest absolute Gasteiger partial charge is 0.193 e. The molecule has 1 aromatic carbocycles. The van der Waals surface area contributed by atoms with E-state index in [0.29, 0.717) is 0 Å². The van der Waals surface area contributed by atoms with Crippen molar-refractivity contribution in [3.05, 3.63) is 45.4 Å². The lowest BCUT2D eigenvalue weighted by Gasteiger charge is -2.23. The summed E-state index contributed by atoms with van der Waals surface area (Å²) in [7, 11) is 5.54. The fraction of sp³-hybridized carbons (Fsp3) is 0.444. The number of aromatic nitrogens is 1. The van der Waals surface area contributed by atoms with Gasteiger partial charge in [-0.1, -0.05) is 18.2 Å². The van der Waals surface area contributed by atoms with Gasteiger partial charge in [-0.25, -0.2) is 4.98 Å². The molecular weight excluding hydrogens is 447 g/mol. The number of aliphatic imine (C=N–C) groups is 1. The number of guanidine groups is 1. The molecule has 5 nitrogen and oxygen atoms in total. The minimum Gasteiger partial charge on any atom is -0.496 e. The first-order valence-corrected chi connectivity index (χ1v) is 8.83. The summed E-state index contributed by atoms with van der Waals surface area (Å²) in [5, 5.41) is 4.55. The Balaban J connectivity index is 0.00000312. The van der Waals surface area contributed by atoms with Crippen molar-refractivity contribution >= 4 is 41.3 Å². The number of aryl methyl sites for hydroxylation is 2. The number of halogens is 1. The SMILES string of the molecule is CN=C(NCCc1sc(C)nc1C)N(C)Cc1ccccc1OC.I. The highest BCUT2D eigenvalue weighted by Gasteiger charge is 2.10. The van der Waals surface area contributed by atoms with Crippen molar-refractivity contribution in [3.63, 3.8) is 0 Å². The van der Waals surface area contributed by atoms with Crippen molar-refractivity contribution in [2.75, 3.05) is 27.7 Å². The lowest BCUT2D eigenvalue weighted by molar-refractivity contribution is 0.396. The number of nitrogens with one attached hydrogen (secondary N) is 1. The van der Waals surface area contributed by atoms with E-state index in [1.807, 2.05) is 32.3 Å². The first kappa shape index (κ1) is 21.7. The number of ether oxygens (including phenoxy) is 1. The van der Waals surface area contributed by atoms with E-state index in [9.17, 15) is 0 Å². The molecule has 0 unspecified atom stereocenters. The van der Waals surface area contributed by atoms with Gasteiger partial charge in [0.2, 0.25) is 0 Å². The zero-order valence-corrected chi connectivity index (χ0v) is 18.6. The number of para-hydroxylation sites is 1. The molecule has 0 saturated heterocycles. The molecule has 0 bridgehead atoms. The van der Waals surface area contributed by atoms with E-state index >= 15 is 0 Å². The molecular formula is C18H27IN4OS. The first-order valence-electron chi connectivity index (χ1n) is 8.01. The normalized spacial score (nSPS) is 11.0. The van der Waals surface area contributed by atoms with Crippen LogP contribution in [0.2, 0.25) is 0 Å². The van der Waals surface area contributed by atoms with Gasteiger partial charge in [-0.15, -0.1) is 35.3 Å². The predicted molar refractivity (Wildman–Crippen MR) is 117 cm³/mol. The van der Waals surface area contributed by atoms with Crippen molar-refractivity contribution in [3.8, 4) is 5.75 Å². The lowest BCUT2D eigenvalue weighted by atomic mass is 10.2. The van der Waals surface area contributed by atoms with E-state index < -0.39 is 0 Å². The highest BCUT2D eigenvalue weighted by atomic mass is 127. The van der Waals surface area contributed by atoms with Gasteiger partial charge in [0.1, 0.15) is 5.75 Å². The molecule has 0 radical (unpaired) electrons. The maximum absolute atomic E-state index is 5.42. The van der Waals surface area contributed by atoms with Crippen molar-refractivity contribution in [1.29, 1.82) is 0 Å². The minimum atomic E-state index is 0. The standard InChI is InChI=1S/C18H26N4OS.HI/c1-13-17(24-14(2)21-13)10-11-20-18(19-3)22(4)12-15-8-6-7-9-16(15)23-5;/h6-9H,10-12H2,1-5H3,(H,19,20);1H. The van der Waals surface area contributed by atoms with Crippen LogP contribution in [-0.4, -0.2) is 43.6 Å². The van der Waals surface area contributed by atoms with Gasteiger partial charge in [0.15, 0.2) is 5.96 Å². The van der Waals surface area contributed by atoms with Gasteiger partial charge in [-0.3, -0.25) is 4.99 Å². The van der Waals surface area contributed by atoms with E-state index in [2.05, 4.69) is 40.1 Å². The van der Waals surface area contributed by atoms with Crippen LogP contribution in [-0.2, 0) is 13.0 Å². The summed E-state index contributed by atoms with van der Waals surface area (Å²) in [5.41, 5.74) is 2.27. The molecule has 7 heteroatoms. The third-order valence-electron chi connectivity index (χ3n) is 3.81. The molecule has 1 N–H and O–H groups in total. The lowest BCUT2D eigenvalue weighted by Crippen LogP contribution is -2.39. The van der Waals surface area contributed by atoms with Crippen LogP contribution in [0.25, 0.3) is 0 Å². The van der Waals surface area contributed by atoms with Crippen LogP contribution >= 0.6 is 35.3 Å². The largest absolute Gasteiger partial charge is 0.496 e. The van der Waals surface area contributed by atoms with Crippen LogP contribution in [0.3, 0.4) is 0 Å². The zero-order valence-electron chi connectivity index (χ0n) is 15.5. The molecule has 2 rings (SSSR count). The number of hydrogen-bond donors (Lipinski definition) is 1. The molecule has 0 atom stereocenters. The summed E-state index contributed by atoms with van der Waals surface area (Å²) in [5.74, 6) is 1.77. The first-order chi connectivity index (χ1) is 11.5. The molecule has 0 aliphatic heterocycles. The van der Waals surface area contributed by atoms with Crippen LogP contribution in [0.5, 0.6) is 5.75 Å². The Kier molecular flexibility index (Phi) is 9.20. The minimum absolute atomic E-state index is 0. The molecule has 1 heterocycles. The van der Waals surface area contributed by atoms with Gasteiger partial charge >= 0.3 is 0 Å². The summed E-state index contributed by atoms with van der Waals surface area (Å²) < 4.78 is 5.42. The van der Waals surface area contributed by atoms with Crippen molar-refractivity contribution < 1.29 is 4.74 Å². The van der Waals surface area contributed by atoms with Crippen molar-refractivity contribution in [1.82, 2.24) is 15.2 Å².